The van der Waals surface area contributed by atoms with E-state index in [4.69, 9.17) is 5.73 Å². The van der Waals surface area contributed by atoms with Crippen LogP contribution in [-0.4, -0.2) is 28.9 Å². The Morgan fingerprint density at radius 3 is 2.71 bits per heavy atom. The molecule has 4 nitrogen and oxygen atoms in total. The van der Waals surface area contributed by atoms with E-state index in [-0.39, 0.29) is 24.4 Å². The minimum absolute atomic E-state index is 0. The van der Waals surface area contributed by atoms with E-state index in [1.165, 1.54) is 32.1 Å². The highest BCUT2D eigenvalue weighted by Crippen LogP contribution is 2.27. The second-order valence-electron chi connectivity index (χ2n) is 5.86. The Morgan fingerprint density at radius 1 is 1.38 bits per heavy atom. The molecule has 2 N–H and O–H groups in total. The zero-order valence-electron chi connectivity index (χ0n) is 12.7. The van der Waals surface area contributed by atoms with Crippen molar-refractivity contribution in [3.8, 4) is 0 Å². The molecule has 0 aromatic carbocycles. The summed E-state index contributed by atoms with van der Waals surface area (Å²) >= 11 is 0. The third kappa shape index (κ3) is 5.64. The second-order valence-corrected chi connectivity index (χ2v) is 5.86. The highest BCUT2D eigenvalue weighted by molar-refractivity contribution is 5.85. The molecule has 2 rings (SSSR count). The number of carbonyl (C=O) groups excluding carboxylic acids is 1. The maximum absolute atomic E-state index is 12.3. The summed E-state index contributed by atoms with van der Waals surface area (Å²) in [7, 11) is 1.80. The normalized spacial score (nSPS) is 16.9. The minimum atomic E-state index is -0.369. The van der Waals surface area contributed by atoms with Gasteiger partial charge in [0, 0.05) is 13.2 Å². The molecule has 1 aromatic heterocycles. The van der Waals surface area contributed by atoms with Crippen LogP contribution in [0.3, 0.4) is 0 Å². The molecule has 0 bridgehead atoms. The first kappa shape index (κ1) is 17.9. The van der Waals surface area contributed by atoms with Gasteiger partial charge in [0.25, 0.3) is 0 Å². The van der Waals surface area contributed by atoms with E-state index >= 15 is 0 Å². The molecule has 1 heterocycles. The fourth-order valence-corrected chi connectivity index (χ4v) is 2.98. The lowest BCUT2D eigenvalue weighted by Gasteiger charge is -2.26. The van der Waals surface area contributed by atoms with Gasteiger partial charge in [0.05, 0.1) is 18.3 Å². The molecule has 0 radical (unpaired) electrons. The lowest BCUT2D eigenvalue weighted by Crippen LogP contribution is -2.42. The van der Waals surface area contributed by atoms with Crippen LogP contribution in [0.2, 0.25) is 0 Å². The van der Waals surface area contributed by atoms with E-state index in [0.717, 1.165) is 12.1 Å². The van der Waals surface area contributed by atoms with Gasteiger partial charge < -0.3 is 10.6 Å². The van der Waals surface area contributed by atoms with Crippen LogP contribution in [0.1, 0.15) is 44.2 Å². The molecule has 0 spiro atoms. The van der Waals surface area contributed by atoms with Crippen LogP contribution < -0.4 is 5.73 Å². The topological polar surface area (TPSA) is 59.2 Å². The van der Waals surface area contributed by atoms with E-state index in [0.29, 0.717) is 12.5 Å². The van der Waals surface area contributed by atoms with Crippen LogP contribution in [0.4, 0.5) is 0 Å². The number of nitrogens with two attached hydrogens (primary N) is 1. The molecule has 0 aliphatic heterocycles. The Kier molecular flexibility index (Phi) is 7.68. The summed E-state index contributed by atoms with van der Waals surface area (Å²) in [5.41, 5.74) is 6.99. The Balaban J connectivity index is 0.00000220. The molecular formula is C16H26ClN3O. The van der Waals surface area contributed by atoms with Crippen LogP contribution >= 0.6 is 12.4 Å². The van der Waals surface area contributed by atoms with Gasteiger partial charge in [0.2, 0.25) is 5.91 Å². The number of amides is 1. The number of rotatable bonds is 5. The summed E-state index contributed by atoms with van der Waals surface area (Å²) in [5, 5.41) is 0. The standard InChI is InChI=1S/C16H25N3O.ClH/c1-19(12-14-9-5-6-10-18-14)16(20)15(17)11-13-7-3-2-4-8-13;/h5-6,9-10,13,15H,2-4,7-8,11-12,17H2,1H3;1H. The summed E-state index contributed by atoms with van der Waals surface area (Å²) in [6, 6.07) is 5.37. The van der Waals surface area contributed by atoms with Crippen molar-refractivity contribution < 1.29 is 4.79 Å². The molecule has 5 heteroatoms. The lowest BCUT2D eigenvalue weighted by molar-refractivity contribution is -0.132. The minimum Gasteiger partial charge on any atom is -0.339 e. The van der Waals surface area contributed by atoms with Gasteiger partial charge in [-0.2, -0.15) is 0 Å². The van der Waals surface area contributed by atoms with E-state index in [9.17, 15) is 4.79 Å². The van der Waals surface area contributed by atoms with E-state index in [1.807, 2.05) is 18.2 Å². The van der Waals surface area contributed by atoms with E-state index < -0.39 is 0 Å². The highest BCUT2D eigenvalue weighted by Gasteiger charge is 2.23. The van der Waals surface area contributed by atoms with Crippen LogP contribution in [-0.2, 0) is 11.3 Å². The predicted octanol–water partition coefficient (Wildman–Crippen LogP) is 2.76. The maximum Gasteiger partial charge on any atom is 0.239 e. The number of pyridine rings is 1. The highest BCUT2D eigenvalue weighted by atomic mass is 35.5. The average Bonchev–Trinajstić information content (AvgIpc) is 2.48. The Hall–Kier alpha value is -1.13. The Bertz CT molecular complexity index is 421. The monoisotopic (exact) mass is 311 g/mol. The number of nitrogens with zero attached hydrogens (tertiary/aromatic N) is 2. The quantitative estimate of drug-likeness (QED) is 0.909. The number of hydrogen-bond donors (Lipinski definition) is 1. The van der Waals surface area contributed by atoms with Gasteiger partial charge in [-0.1, -0.05) is 38.2 Å². The second kappa shape index (κ2) is 9.00. The van der Waals surface area contributed by atoms with Gasteiger partial charge in [-0.15, -0.1) is 12.4 Å². The first-order valence-electron chi connectivity index (χ1n) is 7.57. The number of likely N-dealkylation sites (N-methyl/N-ethyl adjacent to an activating group) is 1. The molecule has 1 aliphatic carbocycles. The number of aromatic nitrogens is 1. The molecule has 1 aromatic rings. The fourth-order valence-electron chi connectivity index (χ4n) is 2.98. The summed E-state index contributed by atoms with van der Waals surface area (Å²) in [4.78, 5) is 18.2. The first-order valence-corrected chi connectivity index (χ1v) is 7.57. The summed E-state index contributed by atoms with van der Waals surface area (Å²) in [6.45, 7) is 0.526. The van der Waals surface area contributed by atoms with Crippen LogP contribution in [0.5, 0.6) is 0 Å². The summed E-state index contributed by atoms with van der Waals surface area (Å²) in [6.07, 6.45) is 8.93. The molecular weight excluding hydrogens is 286 g/mol. The molecule has 118 valence electrons. The van der Waals surface area contributed by atoms with Gasteiger partial charge in [0.1, 0.15) is 0 Å². The zero-order valence-corrected chi connectivity index (χ0v) is 13.5. The third-order valence-corrected chi connectivity index (χ3v) is 4.13. The number of carbonyl (C=O) groups is 1. The van der Waals surface area contributed by atoms with Gasteiger partial charge in [-0.25, -0.2) is 0 Å². The molecule has 1 amide bonds. The Labute approximate surface area is 133 Å². The van der Waals surface area contributed by atoms with Crippen LogP contribution in [0.15, 0.2) is 24.4 Å². The average molecular weight is 312 g/mol. The third-order valence-electron chi connectivity index (χ3n) is 4.13. The van der Waals surface area contributed by atoms with Crippen molar-refractivity contribution in [2.45, 2.75) is 51.1 Å². The van der Waals surface area contributed by atoms with Crippen molar-refractivity contribution in [1.82, 2.24) is 9.88 Å². The largest absolute Gasteiger partial charge is 0.339 e. The molecule has 1 atom stereocenters. The molecule has 21 heavy (non-hydrogen) atoms. The zero-order chi connectivity index (χ0) is 14.4. The molecule has 1 fully saturated rings. The maximum atomic E-state index is 12.3. The molecule has 0 saturated heterocycles. The van der Waals surface area contributed by atoms with E-state index in [1.54, 1.807) is 18.1 Å². The number of hydrogen-bond acceptors (Lipinski definition) is 3. The lowest BCUT2D eigenvalue weighted by atomic mass is 9.85. The van der Waals surface area contributed by atoms with Crippen molar-refractivity contribution in [3.05, 3.63) is 30.1 Å². The van der Waals surface area contributed by atoms with Gasteiger partial charge >= 0.3 is 0 Å². The molecule has 1 unspecified atom stereocenters. The van der Waals surface area contributed by atoms with Crippen LogP contribution in [0, 0.1) is 5.92 Å². The number of halogens is 1. The molecule has 1 aliphatic rings. The van der Waals surface area contributed by atoms with E-state index in [2.05, 4.69) is 4.98 Å². The van der Waals surface area contributed by atoms with Gasteiger partial charge in [0.15, 0.2) is 0 Å². The smallest absolute Gasteiger partial charge is 0.239 e. The van der Waals surface area contributed by atoms with Gasteiger partial charge in [-0.05, 0) is 24.5 Å². The SMILES string of the molecule is CN(Cc1ccccn1)C(=O)C(N)CC1CCCCC1.Cl. The van der Waals surface area contributed by atoms with Crippen molar-refractivity contribution in [2.24, 2.45) is 11.7 Å². The summed E-state index contributed by atoms with van der Waals surface area (Å²) < 4.78 is 0. The van der Waals surface area contributed by atoms with Crippen LogP contribution in [0.25, 0.3) is 0 Å². The predicted molar refractivity (Wildman–Crippen MR) is 87.1 cm³/mol. The first-order chi connectivity index (χ1) is 9.66. The van der Waals surface area contributed by atoms with Crippen molar-refractivity contribution >= 4 is 18.3 Å². The molecule has 1 saturated carbocycles. The van der Waals surface area contributed by atoms with Crippen molar-refractivity contribution in [3.63, 3.8) is 0 Å². The summed E-state index contributed by atoms with van der Waals surface area (Å²) in [5.74, 6) is 0.659. The van der Waals surface area contributed by atoms with Gasteiger partial charge in [-0.3, -0.25) is 9.78 Å². The fraction of sp³-hybridized carbons (Fsp3) is 0.625. The Morgan fingerprint density at radius 2 is 2.10 bits per heavy atom. The van der Waals surface area contributed by atoms with Crippen molar-refractivity contribution in [2.75, 3.05) is 7.05 Å². The van der Waals surface area contributed by atoms with Crippen molar-refractivity contribution in [1.29, 1.82) is 0 Å².